The number of amides is 2. The summed E-state index contributed by atoms with van der Waals surface area (Å²) in [6.45, 7) is 0. The van der Waals surface area contributed by atoms with Gasteiger partial charge in [-0.3, -0.25) is 9.59 Å². The molecule has 0 bridgehead atoms. The van der Waals surface area contributed by atoms with Gasteiger partial charge in [-0.05, 0) is 76.1 Å². The Bertz CT molecular complexity index is 2480. The van der Waals surface area contributed by atoms with Crippen molar-refractivity contribution in [2.75, 3.05) is 10.6 Å². The van der Waals surface area contributed by atoms with Gasteiger partial charge in [0.2, 0.25) is 0 Å². The van der Waals surface area contributed by atoms with Crippen molar-refractivity contribution in [2.24, 2.45) is 0 Å². The lowest BCUT2D eigenvalue weighted by atomic mass is 10.0. The lowest BCUT2D eigenvalue weighted by molar-refractivity contribution is 0.102. The zero-order chi connectivity index (χ0) is 32.5. The van der Waals surface area contributed by atoms with Gasteiger partial charge >= 0.3 is 0 Å². The third-order valence-electron chi connectivity index (χ3n) is 8.47. The van der Waals surface area contributed by atoms with Crippen molar-refractivity contribution in [1.82, 2.24) is 9.97 Å². The third kappa shape index (κ3) is 5.52. The van der Waals surface area contributed by atoms with Crippen LogP contribution >= 0.6 is 0 Å². The summed E-state index contributed by atoms with van der Waals surface area (Å²) in [7, 11) is 0. The number of carbonyl (C=O) groups is 2. The molecular formula is C42H28N4O2. The summed E-state index contributed by atoms with van der Waals surface area (Å²) in [6.07, 6.45) is 0. The molecule has 8 rings (SSSR count). The van der Waals surface area contributed by atoms with E-state index in [4.69, 9.17) is 9.97 Å². The van der Waals surface area contributed by atoms with Gasteiger partial charge in [0.1, 0.15) is 0 Å². The molecule has 48 heavy (non-hydrogen) atoms. The molecule has 0 saturated heterocycles. The predicted octanol–water partition coefficient (Wildman–Crippen LogP) is 9.77. The molecule has 0 aliphatic heterocycles. The lowest BCUT2D eigenvalue weighted by Crippen LogP contribution is -2.12. The summed E-state index contributed by atoms with van der Waals surface area (Å²) in [5.41, 5.74) is 5.80. The molecule has 2 N–H and O–H groups in total. The quantitative estimate of drug-likeness (QED) is 0.194. The topological polar surface area (TPSA) is 84.0 Å². The second-order valence-electron chi connectivity index (χ2n) is 11.5. The Morgan fingerprint density at radius 1 is 0.438 bits per heavy atom. The second-order valence-corrected chi connectivity index (χ2v) is 11.5. The minimum atomic E-state index is -0.183. The number of fused-ring (bicyclic) bond motifs is 3. The van der Waals surface area contributed by atoms with E-state index in [-0.39, 0.29) is 11.8 Å². The van der Waals surface area contributed by atoms with Gasteiger partial charge in [0.25, 0.3) is 11.8 Å². The molecule has 0 aliphatic carbocycles. The SMILES string of the molecule is O=C(Nc1ccc(-c2nc(-c3ccccc3)c3cc(NC(=O)c4cccc5ccccc45)ccc3n2)cc1)c1cccc2ccccc12. The van der Waals surface area contributed by atoms with Gasteiger partial charge in [0.05, 0.1) is 11.2 Å². The normalized spacial score (nSPS) is 11.1. The molecule has 0 spiro atoms. The largest absolute Gasteiger partial charge is 0.322 e. The Morgan fingerprint density at radius 3 is 1.62 bits per heavy atom. The summed E-state index contributed by atoms with van der Waals surface area (Å²) in [5, 5.41) is 10.8. The maximum atomic E-state index is 13.4. The van der Waals surface area contributed by atoms with E-state index >= 15 is 0 Å². The van der Waals surface area contributed by atoms with Crippen molar-refractivity contribution < 1.29 is 9.59 Å². The Balaban J connectivity index is 1.11. The first-order valence-electron chi connectivity index (χ1n) is 15.7. The van der Waals surface area contributed by atoms with E-state index in [1.165, 1.54) is 0 Å². The van der Waals surface area contributed by atoms with Crippen molar-refractivity contribution in [2.45, 2.75) is 0 Å². The number of carbonyl (C=O) groups excluding carboxylic acids is 2. The van der Waals surface area contributed by atoms with Crippen molar-refractivity contribution in [3.05, 3.63) is 169 Å². The molecule has 0 atom stereocenters. The van der Waals surface area contributed by atoms with E-state index in [2.05, 4.69) is 10.6 Å². The fraction of sp³-hybridized carbons (Fsp3) is 0. The van der Waals surface area contributed by atoms with Gasteiger partial charge < -0.3 is 10.6 Å². The second kappa shape index (κ2) is 12.3. The number of hydrogen-bond acceptors (Lipinski definition) is 4. The van der Waals surface area contributed by atoms with Crippen molar-refractivity contribution >= 4 is 55.6 Å². The summed E-state index contributed by atoms with van der Waals surface area (Å²) in [4.78, 5) is 36.6. The van der Waals surface area contributed by atoms with Crippen LogP contribution in [-0.2, 0) is 0 Å². The first-order chi connectivity index (χ1) is 23.6. The highest BCUT2D eigenvalue weighted by atomic mass is 16.2. The first kappa shape index (κ1) is 28.8. The molecular weight excluding hydrogens is 592 g/mol. The standard InChI is InChI=1S/C42H28N4O2/c47-41(35-18-8-14-27-10-4-6-16-33(27)35)43-31-22-20-30(21-23-31)40-45-38-25-24-32(26-37(38)39(46-40)29-12-2-1-3-13-29)44-42(48)36-19-9-15-28-11-5-7-17-34(28)36/h1-26H,(H,43,47)(H,44,48). The van der Waals surface area contributed by atoms with Gasteiger partial charge in [0, 0.05) is 39.0 Å². The Labute approximate surface area is 276 Å². The molecule has 7 aromatic carbocycles. The van der Waals surface area contributed by atoms with Gasteiger partial charge in [-0.2, -0.15) is 0 Å². The third-order valence-corrected chi connectivity index (χ3v) is 8.47. The number of nitrogens with zero attached hydrogens (tertiary/aromatic N) is 2. The molecule has 0 radical (unpaired) electrons. The molecule has 8 aromatic rings. The fourth-order valence-corrected chi connectivity index (χ4v) is 6.10. The average Bonchev–Trinajstić information content (AvgIpc) is 3.14. The van der Waals surface area contributed by atoms with Crippen LogP contribution in [0.15, 0.2) is 158 Å². The summed E-state index contributed by atoms with van der Waals surface area (Å²) in [6, 6.07) is 50.3. The van der Waals surface area contributed by atoms with E-state index in [1.54, 1.807) is 0 Å². The molecule has 6 heteroatoms. The highest BCUT2D eigenvalue weighted by Gasteiger charge is 2.16. The van der Waals surface area contributed by atoms with Crippen molar-refractivity contribution in [3.8, 4) is 22.6 Å². The van der Waals surface area contributed by atoms with E-state index in [9.17, 15) is 9.59 Å². The van der Waals surface area contributed by atoms with Crippen molar-refractivity contribution in [1.29, 1.82) is 0 Å². The monoisotopic (exact) mass is 620 g/mol. The number of anilines is 2. The number of hydrogen-bond donors (Lipinski definition) is 2. The molecule has 0 aliphatic rings. The summed E-state index contributed by atoms with van der Waals surface area (Å²) < 4.78 is 0. The minimum Gasteiger partial charge on any atom is -0.322 e. The molecule has 6 nitrogen and oxygen atoms in total. The molecule has 1 aromatic heterocycles. The van der Waals surface area contributed by atoms with Crippen LogP contribution in [0.5, 0.6) is 0 Å². The molecule has 2 amide bonds. The number of nitrogens with one attached hydrogen (secondary N) is 2. The van der Waals surface area contributed by atoms with E-state index in [0.717, 1.165) is 49.3 Å². The Hall–Kier alpha value is -6.66. The maximum Gasteiger partial charge on any atom is 0.256 e. The molecule has 0 fully saturated rings. The van der Waals surface area contributed by atoms with Crippen LogP contribution in [0.25, 0.3) is 55.1 Å². The van der Waals surface area contributed by atoms with Crippen LogP contribution < -0.4 is 10.6 Å². The number of aromatic nitrogens is 2. The lowest BCUT2D eigenvalue weighted by Gasteiger charge is -2.13. The van der Waals surface area contributed by atoms with E-state index in [1.807, 2.05) is 158 Å². The van der Waals surface area contributed by atoms with Crippen LogP contribution in [-0.4, -0.2) is 21.8 Å². The number of rotatable bonds is 6. The highest BCUT2D eigenvalue weighted by molar-refractivity contribution is 6.14. The predicted molar refractivity (Wildman–Crippen MR) is 194 cm³/mol. The van der Waals surface area contributed by atoms with Crippen molar-refractivity contribution in [3.63, 3.8) is 0 Å². The maximum absolute atomic E-state index is 13.4. The van der Waals surface area contributed by atoms with Crippen LogP contribution in [0.4, 0.5) is 11.4 Å². The molecule has 0 saturated carbocycles. The Kier molecular flexibility index (Phi) is 7.36. The van der Waals surface area contributed by atoms with Crippen LogP contribution in [0, 0.1) is 0 Å². The number of benzene rings is 7. The Morgan fingerprint density at radius 2 is 0.979 bits per heavy atom. The van der Waals surface area contributed by atoms with Gasteiger partial charge in [-0.1, -0.05) is 103 Å². The molecule has 1 heterocycles. The molecule has 228 valence electrons. The van der Waals surface area contributed by atoms with Crippen LogP contribution in [0.2, 0.25) is 0 Å². The summed E-state index contributed by atoms with van der Waals surface area (Å²) in [5.74, 6) is 0.203. The van der Waals surface area contributed by atoms with Crippen LogP contribution in [0.3, 0.4) is 0 Å². The first-order valence-corrected chi connectivity index (χ1v) is 15.7. The average molecular weight is 621 g/mol. The highest BCUT2D eigenvalue weighted by Crippen LogP contribution is 2.32. The van der Waals surface area contributed by atoms with E-state index in [0.29, 0.717) is 28.3 Å². The zero-order valence-corrected chi connectivity index (χ0v) is 25.7. The fourth-order valence-electron chi connectivity index (χ4n) is 6.10. The van der Waals surface area contributed by atoms with E-state index < -0.39 is 0 Å². The molecule has 0 unspecified atom stereocenters. The smallest absolute Gasteiger partial charge is 0.256 e. The summed E-state index contributed by atoms with van der Waals surface area (Å²) >= 11 is 0. The van der Waals surface area contributed by atoms with Crippen LogP contribution in [0.1, 0.15) is 20.7 Å². The minimum absolute atomic E-state index is 0.170. The van der Waals surface area contributed by atoms with Gasteiger partial charge in [-0.25, -0.2) is 9.97 Å². The van der Waals surface area contributed by atoms with Gasteiger partial charge in [0.15, 0.2) is 5.82 Å². The van der Waals surface area contributed by atoms with Gasteiger partial charge in [-0.15, -0.1) is 0 Å². The zero-order valence-electron chi connectivity index (χ0n) is 25.7.